The largest absolute Gasteiger partial charge is 0.480 e. The summed E-state index contributed by atoms with van der Waals surface area (Å²) in [6.45, 7) is 3.75. The highest BCUT2D eigenvalue weighted by Gasteiger charge is 2.22. The first-order valence-corrected chi connectivity index (χ1v) is 6.72. The molecule has 2 amide bonds. The van der Waals surface area contributed by atoms with E-state index in [-0.39, 0.29) is 12.1 Å². The van der Waals surface area contributed by atoms with Gasteiger partial charge in [-0.05, 0) is 32.3 Å². The Morgan fingerprint density at radius 1 is 1.25 bits per heavy atom. The molecule has 0 aromatic heterocycles. The van der Waals surface area contributed by atoms with Crippen LogP contribution in [-0.2, 0) is 11.2 Å². The van der Waals surface area contributed by atoms with Gasteiger partial charge in [0.15, 0.2) is 0 Å². The molecule has 0 fully saturated rings. The lowest BCUT2D eigenvalue weighted by molar-refractivity contribution is -0.139. The zero-order valence-corrected chi connectivity index (χ0v) is 12.2. The Hall–Kier alpha value is -2.04. The minimum Gasteiger partial charge on any atom is -0.480 e. The van der Waals surface area contributed by atoms with Crippen LogP contribution in [0.4, 0.5) is 4.79 Å². The maximum atomic E-state index is 11.9. The Morgan fingerprint density at radius 3 is 2.35 bits per heavy atom. The number of aliphatic carboxylic acids is 1. The fraction of sp³-hybridized carbons (Fsp3) is 0.467. The number of nitrogens with zero attached hydrogens (tertiary/aromatic N) is 1. The molecule has 110 valence electrons. The number of hydrogen-bond acceptors (Lipinski definition) is 2. The summed E-state index contributed by atoms with van der Waals surface area (Å²) in [6.07, 6.45) is 0.987. The van der Waals surface area contributed by atoms with Crippen molar-refractivity contribution in [2.24, 2.45) is 0 Å². The smallest absolute Gasteiger partial charge is 0.326 e. The molecule has 0 unspecified atom stereocenters. The van der Waals surface area contributed by atoms with Gasteiger partial charge in [-0.2, -0.15) is 0 Å². The molecule has 20 heavy (non-hydrogen) atoms. The van der Waals surface area contributed by atoms with E-state index < -0.39 is 12.0 Å². The molecule has 0 bridgehead atoms. The van der Waals surface area contributed by atoms with E-state index in [0.29, 0.717) is 12.8 Å². The summed E-state index contributed by atoms with van der Waals surface area (Å²) >= 11 is 0. The molecule has 1 rings (SSSR count). The Bertz CT molecular complexity index is 446. The van der Waals surface area contributed by atoms with Gasteiger partial charge in [0.05, 0.1) is 0 Å². The molecule has 2 N–H and O–H groups in total. The van der Waals surface area contributed by atoms with Gasteiger partial charge in [0, 0.05) is 13.1 Å². The average Bonchev–Trinajstić information content (AvgIpc) is 2.42. The van der Waals surface area contributed by atoms with E-state index in [9.17, 15) is 14.7 Å². The highest BCUT2D eigenvalue weighted by molar-refractivity contribution is 5.82. The van der Waals surface area contributed by atoms with E-state index in [4.69, 9.17) is 0 Å². The van der Waals surface area contributed by atoms with E-state index in [1.165, 1.54) is 4.90 Å². The lowest BCUT2D eigenvalue weighted by atomic mass is 10.1. The molecule has 0 radical (unpaired) electrons. The summed E-state index contributed by atoms with van der Waals surface area (Å²) in [6, 6.07) is 8.43. The zero-order valence-electron chi connectivity index (χ0n) is 12.2. The number of aryl methyl sites for hydroxylation is 1. The van der Waals surface area contributed by atoms with Crippen molar-refractivity contribution in [3.8, 4) is 0 Å². The van der Waals surface area contributed by atoms with Gasteiger partial charge in [0.2, 0.25) is 0 Å². The number of carboxylic acid groups (broad SMARTS) is 1. The molecule has 0 aliphatic carbocycles. The number of urea groups is 1. The molecule has 0 aliphatic heterocycles. The molecular formula is C15H22N2O3. The van der Waals surface area contributed by atoms with Crippen LogP contribution in [0.25, 0.3) is 0 Å². The van der Waals surface area contributed by atoms with Crippen LogP contribution in [0.3, 0.4) is 0 Å². The van der Waals surface area contributed by atoms with E-state index in [1.54, 1.807) is 7.05 Å². The van der Waals surface area contributed by atoms with Crippen LogP contribution in [0.5, 0.6) is 0 Å². The number of hydrogen-bond donors (Lipinski definition) is 2. The monoisotopic (exact) mass is 278 g/mol. The summed E-state index contributed by atoms with van der Waals surface area (Å²) in [4.78, 5) is 24.6. The van der Waals surface area contributed by atoms with Gasteiger partial charge in [-0.25, -0.2) is 9.59 Å². The third kappa shape index (κ3) is 4.91. The van der Waals surface area contributed by atoms with Crippen LogP contribution >= 0.6 is 0 Å². The van der Waals surface area contributed by atoms with E-state index in [2.05, 4.69) is 5.32 Å². The summed E-state index contributed by atoms with van der Waals surface area (Å²) in [5.41, 5.74) is 1.06. The normalized spacial score (nSPS) is 12.0. The molecule has 0 aliphatic rings. The Morgan fingerprint density at radius 2 is 1.85 bits per heavy atom. The number of carbonyl (C=O) groups excluding carboxylic acids is 1. The molecule has 1 atom stereocenters. The van der Waals surface area contributed by atoms with Crippen LogP contribution in [0, 0.1) is 0 Å². The third-order valence-electron chi connectivity index (χ3n) is 3.26. The van der Waals surface area contributed by atoms with Crippen LogP contribution in [0.1, 0.15) is 25.8 Å². The van der Waals surface area contributed by atoms with Crippen molar-refractivity contribution in [1.82, 2.24) is 10.2 Å². The fourth-order valence-electron chi connectivity index (χ4n) is 1.70. The number of carboxylic acids is 1. The Kier molecular flexibility index (Phi) is 6.03. The summed E-state index contributed by atoms with van der Waals surface area (Å²) < 4.78 is 0. The third-order valence-corrected chi connectivity index (χ3v) is 3.26. The van der Waals surface area contributed by atoms with Gasteiger partial charge in [-0.1, -0.05) is 30.3 Å². The van der Waals surface area contributed by atoms with Crippen LogP contribution in [0.2, 0.25) is 0 Å². The van der Waals surface area contributed by atoms with Crippen LogP contribution < -0.4 is 5.32 Å². The predicted octanol–water partition coefficient (Wildman–Crippen LogP) is 2.12. The number of rotatable bonds is 6. The fourth-order valence-corrected chi connectivity index (χ4v) is 1.70. The van der Waals surface area contributed by atoms with Crippen molar-refractivity contribution in [3.63, 3.8) is 0 Å². The lowest BCUT2D eigenvalue weighted by Crippen LogP contribution is -2.48. The van der Waals surface area contributed by atoms with Gasteiger partial charge < -0.3 is 15.3 Å². The molecule has 5 nitrogen and oxygen atoms in total. The molecule has 0 spiro atoms. The minimum absolute atomic E-state index is 0.0265. The van der Waals surface area contributed by atoms with Gasteiger partial charge in [0.25, 0.3) is 0 Å². The molecule has 1 aromatic rings. The zero-order chi connectivity index (χ0) is 15.1. The summed E-state index contributed by atoms with van der Waals surface area (Å²) in [5.74, 6) is -1.01. The Balaban J connectivity index is 2.57. The molecule has 0 saturated heterocycles. The minimum atomic E-state index is -1.01. The standard InChI is InChI=1S/C15H22N2O3/c1-11(2)17(3)15(20)16-13(14(18)19)10-9-12-7-5-4-6-8-12/h4-8,11,13H,9-10H2,1-3H3,(H,16,20)(H,18,19)/t13-/m0/s1. The van der Waals surface area contributed by atoms with Crippen LogP contribution in [-0.4, -0.2) is 41.1 Å². The van der Waals surface area contributed by atoms with Gasteiger partial charge in [-0.15, -0.1) is 0 Å². The second-order valence-corrected chi connectivity index (χ2v) is 5.07. The second-order valence-electron chi connectivity index (χ2n) is 5.07. The molecule has 0 heterocycles. The first-order valence-electron chi connectivity index (χ1n) is 6.72. The van der Waals surface area contributed by atoms with Crippen molar-refractivity contribution in [1.29, 1.82) is 0 Å². The maximum Gasteiger partial charge on any atom is 0.326 e. The number of carbonyl (C=O) groups is 2. The van der Waals surface area contributed by atoms with Crippen molar-refractivity contribution < 1.29 is 14.7 Å². The number of benzene rings is 1. The molecule has 0 saturated carbocycles. The lowest BCUT2D eigenvalue weighted by Gasteiger charge is -2.24. The number of amides is 2. The van der Waals surface area contributed by atoms with Crippen molar-refractivity contribution in [3.05, 3.63) is 35.9 Å². The summed E-state index contributed by atoms with van der Waals surface area (Å²) in [7, 11) is 1.65. The molecule has 5 heteroatoms. The van der Waals surface area contributed by atoms with Crippen molar-refractivity contribution in [2.75, 3.05) is 7.05 Å². The second kappa shape index (κ2) is 7.53. The van der Waals surface area contributed by atoms with Gasteiger partial charge in [0.1, 0.15) is 6.04 Å². The van der Waals surface area contributed by atoms with E-state index in [0.717, 1.165) is 5.56 Å². The number of nitrogens with one attached hydrogen (secondary N) is 1. The first-order chi connectivity index (χ1) is 9.41. The summed E-state index contributed by atoms with van der Waals surface area (Å²) in [5, 5.41) is 11.7. The van der Waals surface area contributed by atoms with Crippen molar-refractivity contribution >= 4 is 12.0 Å². The SMILES string of the molecule is CC(C)N(C)C(=O)N[C@@H](CCc1ccccc1)C(=O)O. The first kappa shape index (κ1) is 16.0. The Labute approximate surface area is 119 Å². The van der Waals surface area contributed by atoms with Crippen LogP contribution in [0.15, 0.2) is 30.3 Å². The van der Waals surface area contributed by atoms with Gasteiger partial charge in [-0.3, -0.25) is 0 Å². The molecular weight excluding hydrogens is 256 g/mol. The highest BCUT2D eigenvalue weighted by atomic mass is 16.4. The van der Waals surface area contributed by atoms with Crippen molar-refractivity contribution in [2.45, 2.75) is 38.8 Å². The van der Waals surface area contributed by atoms with E-state index >= 15 is 0 Å². The van der Waals surface area contributed by atoms with E-state index in [1.807, 2.05) is 44.2 Å². The quantitative estimate of drug-likeness (QED) is 0.837. The topological polar surface area (TPSA) is 69.6 Å². The molecule has 1 aromatic carbocycles. The maximum absolute atomic E-state index is 11.9. The average molecular weight is 278 g/mol. The highest BCUT2D eigenvalue weighted by Crippen LogP contribution is 2.06. The predicted molar refractivity (Wildman–Crippen MR) is 77.6 cm³/mol. The van der Waals surface area contributed by atoms with Gasteiger partial charge >= 0.3 is 12.0 Å².